The number of hydrogen-bond donors (Lipinski definition) is 2. The molecule has 1 saturated heterocycles. The van der Waals surface area contributed by atoms with Gasteiger partial charge < -0.3 is 10.1 Å². The van der Waals surface area contributed by atoms with Gasteiger partial charge in [0.25, 0.3) is 0 Å². The van der Waals surface area contributed by atoms with Gasteiger partial charge in [-0.15, -0.1) is 0 Å². The molecule has 25 heavy (non-hydrogen) atoms. The third-order valence-corrected chi connectivity index (χ3v) is 5.44. The summed E-state index contributed by atoms with van der Waals surface area (Å²) in [6.45, 7) is 4.15. The second-order valence-corrected chi connectivity index (χ2v) is 8.52. The molecule has 5 nitrogen and oxygen atoms in total. The van der Waals surface area contributed by atoms with Crippen LogP contribution in [0.3, 0.4) is 0 Å². The monoisotopic (exact) mass is 360 g/mol. The Hall–Kier alpha value is -1.73. The summed E-state index contributed by atoms with van der Waals surface area (Å²) < 4.78 is 29.1. The van der Waals surface area contributed by atoms with Gasteiger partial charge in [0.1, 0.15) is 6.23 Å². The molecule has 1 aliphatic rings. The Morgan fingerprint density at radius 2 is 1.88 bits per heavy atom. The summed E-state index contributed by atoms with van der Waals surface area (Å²) in [5, 5.41) is 6.85. The van der Waals surface area contributed by atoms with Gasteiger partial charge in [-0.2, -0.15) is 0 Å². The fraction of sp³-hybridized carbons (Fsp3) is 0.368. The minimum absolute atomic E-state index is 0.0878. The van der Waals surface area contributed by atoms with E-state index in [9.17, 15) is 8.42 Å². The van der Waals surface area contributed by atoms with Crippen LogP contribution in [0, 0.1) is 6.92 Å². The van der Waals surface area contributed by atoms with E-state index in [2.05, 4.69) is 35.8 Å². The number of aryl methyl sites for hydroxylation is 1. The minimum atomic E-state index is -3.16. The fourth-order valence-corrected chi connectivity index (χ4v) is 3.60. The first-order chi connectivity index (χ1) is 11.9. The molecule has 0 aromatic heterocycles. The molecule has 0 spiro atoms. The van der Waals surface area contributed by atoms with Crippen molar-refractivity contribution < 1.29 is 13.2 Å². The lowest BCUT2D eigenvalue weighted by molar-refractivity contribution is -0.00207. The smallest absolute Gasteiger partial charge is 0.175 e. The van der Waals surface area contributed by atoms with E-state index < -0.39 is 9.84 Å². The predicted octanol–water partition coefficient (Wildman–Crippen LogP) is 2.18. The number of nitrogens with one attached hydrogen (secondary N) is 2. The van der Waals surface area contributed by atoms with Crippen LogP contribution >= 0.6 is 0 Å². The third kappa shape index (κ3) is 4.89. The van der Waals surface area contributed by atoms with Crippen molar-refractivity contribution in [2.24, 2.45) is 0 Å². The van der Waals surface area contributed by atoms with Gasteiger partial charge in [0.15, 0.2) is 9.84 Å². The van der Waals surface area contributed by atoms with Crippen molar-refractivity contribution in [1.82, 2.24) is 10.6 Å². The van der Waals surface area contributed by atoms with Gasteiger partial charge in [0.05, 0.1) is 11.5 Å². The van der Waals surface area contributed by atoms with Crippen LogP contribution in [0.15, 0.2) is 53.4 Å². The van der Waals surface area contributed by atoms with Gasteiger partial charge in [-0.25, -0.2) is 8.42 Å². The first-order valence-electron chi connectivity index (χ1n) is 8.36. The van der Waals surface area contributed by atoms with Crippen molar-refractivity contribution in [3.8, 4) is 0 Å². The van der Waals surface area contributed by atoms with Crippen LogP contribution in [-0.4, -0.2) is 34.0 Å². The van der Waals surface area contributed by atoms with Gasteiger partial charge in [-0.1, -0.05) is 42.0 Å². The molecular formula is C19H24N2O3S. The molecule has 1 fully saturated rings. The molecule has 0 radical (unpaired) electrons. The number of ether oxygens (including phenoxy) is 1. The average Bonchev–Trinajstić information content (AvgIpc) is 2.60. The number of hydrogen-bond acceptors (Lipinski definition) is 5. The highest BCUT2D eigenvalue weighted by Crippen LogP contribution is 2.19. The largest absolute Gasteiger partial charge is 0.357 e. The maximum absolute atomic E-state index is 11.6. The standard InChI is InChI=1S/C19H24N2O3S/c1-14-4-3-5-15(10-14)13-24-19-12-20-11-18(21-19)16-6-8-17(9-7-16)25(2,22)23/h3-10,18-21H,11-13H2,1-2H3. The molecule has 0 amide bonds. The molecule has 0 saturated carbocycles. The summed E-state index contributed by atoms with van der Waals surface area (Å²) in [5.41, 5.74) is 3.42. The molecule has 2 aromatic rings. The number of sulfone groups is 1. The van der Waals surface area contributed by atoms with E-state index in [0.29, 0.717) is 11.5 Å². The average molecular weight is 360 g/mol. The summed E-state index contributed by atoms with van der Waals surface area (Å²) in [4.78, 5) is 0.340. The van der Waals surface area contributed by atoms with Gasteiger partial charge in [0, 0.05) is 25.4 Å². The zero-order valence-corrected chi connectivity index (χ0v) is 15.3. The second-order valence-electron chi connectivity index (χ2n) is 6.51. The van der Waals surface area contributed by atoms with E-state index in [-0.39, 0.29) is 12.3 Å². The molecule has 2 N–H and O–H groups in total. The lowest BCUT2D eigenvalue weighted by Gasteiger charge is -2.32. The summed E-state index contributed by atoms with van der Waals surface area (Å²) in [7, 11) is -3.16. The summed E-state index contributed by atoms with van der Waals surface area (Å²) in [6.07, 6.45) is 1.13. The summed E-state index contributed by atoms with van der Waals surface area (Å²) in [6, 6.07) is 15.4. The third-order valence-electron chi connectivity index (χ3n) is 4.31. The van der Waals surface area contributed by atoms with E-state index in [4.69, 9.17) is 4.74 Å². The van der Waals surface area contributed by atoms with Crippen LogP contribution in [0.5, 0.6) is 0 Å². The zero-order valence-electron chi connectivity index (χ0n) is 14.5. The van der Waals surface area contributed by atoms with E-state index in [1.807, 2.05) is 18.2 Å². The van der Waals surface area contributed by atoms with Gasteiger partial charge in [-0.3, -0.25) is 5.32 Å². The zero-order chi connectivity index (χ0) is 17.9. The van der Waals surface area contributed by atoms with Crippen molar-refractivity contribution >= 4 is 9.84 Å². The fourth-order valence-electron chi connectivity index (χ4n) is 2.97. The molecule has 2 aromatic carbocycles. The Labute approximate surface area is 149 Å². The minimum Gasteiger partial charge on any atom is -0.357 e. The van der Waals surface area contributed by atoms with Crippen molar-refractivity contribution in [2.75, 3.05) is 19.3 Å². The predicted molar refractivity (Wildman–Crippen MR) is 98.1 cm³/mol. The van der Waals surface area contributed by atoms with Crippen molar-refractivity contribution in [3.63, 3.8) is 0 Å². The molecule has 1 aliphatic heterocycles. The number of rotatable bonds is 5. The first kappa shape index (κ1) is 18.1. The molecule has 2 atom stereocenters. The number of benzene rings is 2. The van der Waals surface area contributed by atoms with E-state index >= 15 is 0 Å². The van der Waals surface area contributed by atoms with Crippen LogP contribution in [0.1, 0.15) is 22.7 Å². The Morgan fingerprint density at radius 3 is 2.56 bits per heavy atom. The Bertz CT molecular complexity index is 819. The molecule has 0 bridgehead atoms. The first-order valence-corrected chi connectivity index (χ1v) is 10.2. The summed E-state index contributed by atoms with van der Waals surface area (Å²) >= 11 is 0. The lowest BCUT2D eigenvalue weighted by atomic mass is 10.1. The highest BCUT2D eigenvalue weighted by molar-refractivity contribution is 7.90. The van der Waals surface area contributed by atoms with Crippen LogP contribution in [0.4, 0.5) is 0 Å². The molecule has 6 heteroatoms. The Kier molecular flexibility index (Phi) is 5.54. The highest BCUT2D eigenvalue weighted by Gasteiger charge is 2.22. The van der Waals surface area contributed by atoms with Gasteiger partial charge in [0.2, 0.25) is 0 Å². The van der Waals surface area contributed by atoms with Gasteiger partial charge >= 0.3 is 0 Å². The van der Waals surface area contributed by atoms with Crippen LogP contribution in [0.2, 0.25) is 0 Å². The lowest BCUT2D eigenvalue weighted by Crippen LogP contribution is -2.51. The summed E-state index contributed by atoms with van der Waals surface area (Å²) in [5.74, 6) is 0. The molecule has 0 aliphatic carbocycles. The Balaban J connectivity index is 1.61. The topological polar surface area (TPSA) is 67.4 Å². The van der Waals surface area contributed by atoms with E-state index in [1.165, 1.54) is 11.8 Å². The molecular weight excluding hydrogens is 336 g/mol. The maximum Gasteiger partial charge on any atom is 0.175 e. The number of piperazine rings is 1. The van der Waals surface area contributed by atoms with Crippen LogP contribution < -0.4 is 10.6 Å². The Morgan fingerprint density at radius 1 is 1.12 bits per heavy atom. The highest BCUT2D eigenvalue weighted by atomic mass is 32.2. The maximum atomic E-state index is 11.6. The molecule has 2 unspecified atom stereocenters. The van der Waals surface area contributed by atoms with E-state index in [1.54, 1.807) is 12.1 Å². The molecule has 134 valence electrons. The molecule has 1 heterocycles. The molecule has 3 rings (SSSR count). The van der Waals surface area contributed by atoms with Crippen molar-refractivity contribution in [1.29, 1.82) is 0 Å². The van der Waals surface area contributed by atoms with Gasteiger partial charge in [-0.05, 0) is 30.2 Å². The quantitative estimate of drug-likeness (QED) is 0.855. The SMILES string of the molecule is Cc1cccc(COC2CNCC(c3ccc(S(C)(=O)=O)cc3)N2)c1. The van der Waals surface area contributed by atoms with E-state index in [0.717, 1.165) is 24.2 Å². The second kappa shape index (κ2) is 7.66. The van der Waals surface area contributed by atoms with Crippen molar-refractivity contribution in [3.05, 3.63) is 65.2 Å². The normalized spacial score (nSPS) is 21.2. The van der Waals surface area contributed by atoms with Crippen molar-refractivity contribution in [2.45, 2.75) is 30.7 Å². The van der Waals surface area contributed by atoms with Crippen LogP contribution in [0.25, 0.3) is 0 Å². The van der Waals surface area contributed by atoms with Crippen LogP contribution in [-0.2, 0) is 21.2 Å².